The predicted molar refractivity (Wildman–Crippen MR) is 71.7 cm³/mol. The predicted octanol–water partition coefficient (Wildman–Crippen LogP) is 3.85. The lowest BCUT2D eigenvalue weighted by atomic mass is 10.1. The van der Waals surface area contributed by atoms with Gasteiger partial charge in [-0.15, -0.1) is 11.6 Å². The molecular weight excluding hydrogens is 264 g/mol. The van der Waals surface area contributed by atoms with E-state index in [1.54, 1.807) is 0 Å². The maximum atomic E-state index is 6.20. The zero-order valence-corrected chi connectivity index (χ0v) is 11.5. The van der Waals surface area contributed by atoms with Gasteiger partial charge in [-0.25, -0.2) is 0 Å². The number of fused-ring (bicyclic) bond motifs is 1. The fraction of sp³-hybridized carbons (Fsp3) is 0.429. The molecule has 0 radical (unpaired) electrons. The van der Waals surface area contributed by atoms with Gasteiger partial charge >= 0.3 is 0 Å². The number of ether oxygens (including phenoxy) is 1. The molecule has 0 spiro atoms. The fourth-order valence-corrected chi connectivity index (χ4v) is 2.47. The van der Waals surface area contributed by atoms with Gasteiger partial charge in [0.15, 0.2) is 5.82 Å². The second kappa shape index (κ2) is 5.31. The van der Waals surface area contributed by atoms with Crippen molar-refractivity contribution in [3.63, 3.8) is 0 Å². The number of hydrogen-bond donors (Lipinski definition) is 0. The van der Waals surface area contributed by atoms with Gasteiger partial charge in [-0.3, -0.25) is 0 Å². The average Bonchev–Trinajstić information content (AvgIpc) is 3.07. The van der Waals surface area contributed by atoms with Crippen molar-refractivity contribution in [2.45, 2.75) is 38.4 Å². The lowest BCUT2D eigenvalue weighted by molar-refractivity contribution is 0.134. The Bertz CT molecular complexity index is 583. The smallest absolute Gasteiger partial charge is 0.257 e. The molecule has 2 heterocycles. The van der Waals surface area contributed by atoms with Crippen molar-refractivity contribution in [3.05, 3.63) is 35.2 Å². The van der Waals surface area contributed by atoms with E-state index in [0.717, 1.165) is 18.4 Å². The zero-order chi connectivity index (χ0) is 13.2. The molecule has 4 nitrogen and oxygen atoms in total. The first-order valence-electron chi connectivity index (χ1n) is 6.45. The Morgan fingerprint density at radius 1 is 1.32 bits per heavy atom. The molecule has 5 heteroatoms. The highest BCUT2D eigenvalue weighted by Gasteiger charge is 2.18. The maximum absolute atomic E-state index is 6.20. The Morgan fingerprint density at radius 3 is 3.00 bits per heavy atom. The summed E-state index contributed by atoms with van der Waals surface area (Å²) in [5.41, 5.74) is 3.33. The first kappa shape index (κ1) is 12.6. The summed E-state index contributed by atoms with van der Waals surface area (Å²) >= 11 is 6.20. The van der Waals surface area contributed by atoms with Crippen LogP contribution in [0.1, 0.15) is 42.1 Å². The van der Waals surface area contributed by atoms with Crippen molar-refractivity contribution in [3.8, 4) is 11.5 Å². The molecule has 0 amide bonds. The Balaban J connectivity index is 1.86. The molecule has 0 saturated heterocycles. The van der Waals surface area contributed by atoms with E-state index in [2.05, 4.69) is 17.1 Å². The van der Waals surface area contributed by atoms with Gasteiger partial charge in [0.1, 0.15) is 0 Å². The van der Waals surface area contributed by atoms with Crippen LogP contribution in [0.5, 0.6) is 0 Å². The second-order valence-corrected chi connectivity index (χ2v) is 5.22. The van der Waals surface area contributed by atoms with Gasteiger partial charge in [-0.05, 0) is 29.7 Å². The molecule has 3 rings (SSSR count). The van der Waals surface area contributed by atoms with Gasteiger partial charge in [-0.2, -0.15) is 4.98 Å². The topological polar surface area (TPSA) is 48.2 Å². The third kappa shape index (κ3) is 2.51. The lowest BCUT2D eigenvalue weighted by Crippen LogP contribution is -1.92. The van der Waals surface area contributed by atoms with Gasteiger partial charge < -0.3 is 9.26 Å². The molecule has 1 aliphatic rings. The van der Waals surface area contributed by atoms with Crippen molar-refractivity contribution in [1.82, 2.24) is 10.1 Å². The van der Waals surface area contributed by atoms with Crippen LogP contribution >= 0.6 is 11.6 Å². The van der Waals surface area contributed by atoms with Crippen molar-refractivity contribution >= 4 is 11.6 Å². The van der Waals surface area contributed by atoms with E-state index in [4.69, 9.17) is 20.9 Å². The van der Waals surface area contributed by atoms with Crippen LogP contribution in [-0.2, 0) is 18.0 Å². The Kier molecular flexibility index (Phi) is 3.53. The van der Waals surface area contributed by atoms with Gasteiger partial charge in [0.05, 0.1) is 18.6 Å². The molecule has 0 aliphatic carbocycles. The van der Waals surface area contributed by atoms with Crippen molar-refractivity contribution < 1.29 is 9.26 Å². The van der Waals surface area contributed by atoms with Crippen LogP contribution in [0.3, 0.4) is 0 Å². The summed E-state index contributed by atoms with van der Waals surface area (Å²) in [6, 6.07) is 6.07. The summed E-state index contributed by atoms with van der Waals surface area (Å²) in [5, 5.41) is 3.78. The SMILES string of the molecule is CCCC(Cl)c1noc(-c2ccc3c(c2)COC3)n1. The van der Waals surface area contributed by atoms with Crippen LogP contribution in [-0.4, -0.2) is 10.1 Å². The number of rotatable bonds is 4. The number of benzene rings is 1. The summed E-state index contributed by atoms with van der Waals surface area (Å²) in [6.45, 7) is 3.42. The van der Waals surface area contributed by atoms with E-state index in [0.29, 0.717) is 24.9 Å². The molecule has 19 heavy (non-hydrogen) atoms. The lowest BCUT2D eigenvalue weighted by Gasteiger charge is -2.00. The Morgan fingerprint density at radius 2 is 2.16 bits per heavy atom. The summed E-state index contributed by atoms with van der Waals surface area (Å²) in [5.74, 6) is 1.08. The quantitative estimate of drug-likeness (QED) is 0.797. The van der Waals surface area contributed by atoms with Crippen LogP contribution in [0.4, 0.5) is 0 Å². The minimum Gasteiger partial charge on any atom is -0.372 e. The van der Waals surface area contributed by atoms with Crippen LogP contribution < -0.4 is 0 Å². The zero-order valence-electron chi connectivity index (χ0n) is 10.7. The Hall–Kier alpha value is -1.39. The van der Waals surface area contributed by atoms with Crippen molar-refractivity contribution in [2.75, 3.05) is 0 Å². The largest absolute Gasteiger partial charge is 0.372 e. The molecule has 1 unspecified atom stereocenters. The first-order chi connectivity index (χ1) is 9.28. The number of nitrogens with zero attached hydrogens (tertiary/aromatic N) is 2. The number of aromatic nitrogens is 2. The summed E-state index contributed by atoms with van der Waals surface area (Å²) in [4.78, 5) is 4.37. The van der Waals surface area contributed by atoms with Gasteiger partial charge in [0.2, 0.25) is 0 Å². The third-order valence-electron chi connectivity index (χ3n) is 3.23. The molecule has 0 fully saturated rings. The highest BCUT2D eigenvalue weighted by atomic mass is 35.5. The number of hydrogen-bond acceptors (Lipinski definition) is 4. The highest BCUT2D eigenvalue weighted by molar-refractivity contribution is 6.20. The molecule has 1 atom stereocenters. The van der Waals surface area contributed by atoms with E-state index in [9.17, 15) is 0 Å². The molecule has 1 aromatic carbocycles. The molecule has 100 valence electrons. The molecule has 1 aliphatic heterocycles. The van der Waals surface area contributed by atoms with Crippen molar-refractivity contribution in [2.24, 2.45) is 0 Å². The van der Waals surface area contributed by atoms with E-state index in [1.807, 2.05) is 18.2 Å². The van der Waals surface area contributed by atoms with Crippen LogP contribution in [0.15, 0.2) is 22.7 Å². The maximum Gasteiger partial charge on any atom is 0.257 e. The van der Waals surface area contributed by atoms with E-state index in [1.165, 1.54) is 11.1 Å². The molecule has 1 aromatic heterocycles. The molecule has 0 N–H and O–H groups in total. The molecule has 0 bridgehead atoms. The molecule has 2 aromatic rings. The molecule has 0 saturated carbocycles. The van der Waals surface area contributed by atoms with Crippen LogP contribution in [0.2, 0.25) is 0 Å². The van der Waals surface area contributed by atoms with Crippen LogP contribution in [0, 0.1) is 0 Å². The highest BCUT2D eigenvalue weighted by Crippen LogP contribution is 2.28. The summed E-state index contributed by atoms with van der Waals surface area (Å²) in [6.07, 6.45) is 1.84. The van der Waals surface area contributed by atoms with Gasteiger partial charge in [0, 0.05) is 5.56 Å². The minimum absolute atomic E-state index is 0.180. The first-order valence-corrected chi connectivity index (χ1v) is 6.89. The van der Waals surface area contributed by atoms with Gasteiger partial charge in [-0.1, -0.05) is 24.6 Å². The fourth-order valence-electron chi connectivity index (χ4n) is 2.17. The van der Waals surface area contributed by atoms with Crippen LogP contribution in [0.25, 0.3) is 11.5 Å². The van der Waals surface area contributed by atoms with E-state index in [-0.39, 0.29) is 5.38 Å². The molecular formula is C14H15ClN2O2. The number of alkyl halides is 1. The van der Waals surface area contributed by atoms with Crippen molar-refractivity contribution in [1.29, 1.82) is 0 Å². The number of halogens is 1. The summed E-state index contributed by atoms with van der Waals surface area (Å²) < 4.78 is 10.7. The normalized spacial score (nSPS) is 15.5. The Labute approximate surface area is 116 Å². The van der Waals surface area contributed by atoms with E-state index >= 15 is 0 Å². The monoisotopic (exact) mass is 278 g/mol. The van der Waals surface area contributed by atoms with Gasteiger partial charge in [0.25, 0.3) is 5.89 Å². The summed E-state index contributed by atoms with van der Waals surface area (Å²) in [7, 11) is 0. The average molecular weight is 279 g/mol. The second-order valence-electron chi connectivity index (χ2n) is 4.69. The standard InChI is InChI=1S/C14H15ClN2O2/c1-2-3-12(15)13-16-14(19-17-13)9-4-5-10-7-18-8-11(10)6-9/h4-6,12H,2-3,7-8H2,1H3. The van der Waals surface area contributed by atoms with E-state index < -0.39 is 0 Å². The third-order valence-corrected chi connectivity index (χ3v) is 3.65. The minimum atomic E-state index is -0.180.